The Morgan fingerprint density at radius 2 is 1.45 bits per heavy atom. The number of benzene rings is 3. The maximum atomic E-state index is 9.90. The summed E-state index contributed by atoms with van der Waals surface area (Å²) in [4.78, 5) is 0. The van der Waals surface area contributed by atoms with Gasteiger partial charge < -0.3 is 0 Å². The minimum absolute atomic E-state index is 0.0610. The van der Waals surface area contributed by atoms with Gasteiger partial charge in [-0.05, 0) is 54.1 Å². The van der Waals surface area contributed by atoms with Crippen LogP contribution in [0.1, 0.15) is 5.56 Å². The second kappa shape index (κ2) is 8.92. The Hall–Kier alpha value is -3.79. The van der Waals surface area contributed by atoms with E-state index in [-0.39, 0.29) is 16.9 Å². The summed E-state index contributed by atoms with van der Waals surface area (Å²) in [6, 6.07) is 25.1. The van der Waals surface area contributed by atoms with E-state index in [1.54, 1.807) is 48.5 Å². The Bertz CT molecular complexity index is 1350. The molecule has 31 heavy (non-hydrogen) atoms. The van der Waals surface area contributed by atoms with Crippen LogP contribution in [0.2, 0.25) is 10.0 Å². The molecule has 6 nitrogen and oxygen atoms in total. The van der Waals surface area contributed by atoms with Crippen LogP contribution in [0.3, 0.4) is 0 Å². The Morgan fingerprint density at radius 1 is 0.839 bits per heavy atom. The molecule has 1 N–H and O–H groups in total. The number of nitriles is 1. The van der Waals surface area contributed by atoms with Crippen molar-refractivity contribution in [3.05, 3.63) is 100.0 Å². The highest BCUT2D eigenvalue weighted by atomic mass is 35.5. The minimum Gasteiger partial charge on any atom is -0.282 e. The standard InChI is InChI=1S/C23H14Cl2N6/c24-16-6-10-18(11-7-16)28-29-23-21(15-4-2-1-3-5-15)20(14-26)22(27)31(30-23)19-12-8-17(25)9-13-19/h1-13,27H. The molecular formula is C23H14Cl2N6. The first-order valence-corrected chi connectivity index (χ1v) is 9.93. The van der Waals surface area contributed by atoms with Crippen LogP contribution in [0.15, 0.2) is 89.1 Å². The summed E-state index contributed by atoms with van der Waals surface area (Å²) in [5.41, 5.74) is 2.39. The van der Waals surface area contributed by atoms with Crippen LogP contribution >= 0.6 is 23.2 Å². The van der Waals surface area contributed by atoms with Gasteiger partial charge in [-0.3, -0.25) is 5.41 Å². The molecule has 0 aliphatic heterocycles. The lowest BCUT2D eigenvalue weighted by atomic mass is 10.0. The van der Waals surface area contributed by atoms with Crippen molar-refractivity contribution in [2.45, 2.75) is 0 Å². The van der Waals surface area contributed by atoms with E-state index in [2.05, 4.69) is 21.4 Å². The fraction of sp³-hybridized carbons (Fsp3) is 0. The second-order valence-electron chi connectivity index (χ2n) is 6.46. The molecule has 0 atom stereocenters. The lowest BCUT2D eigenvalue weighted by Gasteiger charge is -2.13. The molecule has 3 aromatic carbocycles. The summed E-state index contributed by atoms with van der Waals surface area (Å²) in [6.45, 7) is 0. The van der Waals surface area contributed by atoms with Crippen LogP contribution in [0.4, 0.5) is 11.5 Å². The fourth-order valence-electron chi connectivity index (χ4n) is 2.97. The molecule has 0 spiro atoms. The van der Waals surface area contributed by atoms with E-state index in [4.69, 9.17) is 28.6 Å². The molecule has 0 radical (unpaired) electrons. The number of aromatic nitrogens is 2. The predicted molar refractivity (Wildman–Crippen MR) is 120 cm³/mol. The molecule has 0 fully saturated rings. The highest BCUT2D eigenvalue weighted by Gasteiger charge is 2.18. The first-order chi connectivity index (χ1) is 15.1. The van der Waals surface area contributed by atoms with Gasteiger partial charge in [0.25, 0.3) is 0 Å². The van der Waals surface area contributed by atoms with E-state index in [0.717, 1.165) is 0 Å². The lowest BCUT2D eigenvalue weighted by Crippen LogP contribution is -2.24. The predicted octanol–water partition coefficient (Wildman–Crippen LogP) is 6.61. The molecule has 8 heteroatoms. The average Bonchev–Trinajstić information content (AvgIpc) is 2.80. The molecule has 1 heterocycles. The summed E-state index contributed by atoms with van der Waals surface area (Å²) in [5, 5.41) is 32.8. The third kappa shape index (κ3) is 4.38. The van der Waals surface area contributed by atoms with Gasteiger partial charge in [-0.2, -0.15) is 5.26 Å². The normalized spacial score (nSPS) is 10.9. The van der Waals surface area contributed by atoms with E-state index in [1.807, 2.05) is 30.3 Å². The number of azo groups is 1. The molecule has 0 saturated carbocycles. The highest BCUT2D eigenvalue weighted by molar-refractivity contribution is 6.30. The van der Waals surface area contributed by atoms with E-state index < -0.39 is 0 Å². The van der Waals surface area contributed by atoms with Crippen molar-refractivity contribution in [1.29, 1.82) is 10.7 Å². The van der Waals surface area contributed by atoms with Crippen LogP contribution < -0.4 is 5.49 Å². The zero-order valence-electron chi connectivity index (χ0n) is 16.0. The minimum atomic E-state index is -0.0610. The Balaban J connectivity index is 1.96. The monoisotopic (exact) mass is 444 g/mol. The first kappa shape index (κ1) is 20.5. The largest absolute Gasteiger partial charge is 0.282 e. The first-order valence-electron chi connectivity index (χ1n) is 9.17. The molecular weight excluding hydrogens is 431 g/mol. The fourth-order valence-corrected chi connectivity index (χ4v) is 3.22. The lowest BCUT2D eigenvalue weighted by molar-refractivity contribution is 0.768. The third-order valence-electron chi connectivity index (χ3n) is 4.45. The molecule has 0 aliphatic carbocycles. The number of halogens is 2. The zero-order chi connectivity index (χ0) is 21.8. The molecule has 0 unspecified atom stereocenters. The van der Waals surface area contributed by atoms with E-state index >= 15 is 0 Å². The SMILES string of the molecule is N#Cc1c(-c2ccccc2)c(N=Nc2ccc(Cl)cc2)nn(-c2ccc(Cl)cc2)c1=N. The number of nitrogens with one attached hydrogen (secondary N) is 1. The average molecular weight is 445 g/mol. The highest BCUT2D eigenvalue weighted by Crippen LogP contribution is 2.32. The van der Waals surface area contributed by atoms with Crippen LogP contribution in [0.5, 0.6) is 0 Å². The maximum absolute atomic E-state index is 9.90. The van der Waals surface area contributed by atoms with E-state index in [1.165, 1.54) is 4.68 Å². The van der Waals surface area contributed by atoms with Gasteiger partial charge >= 0.3 is 0 Å². The Kier molecular flexibility index (Phi) is 5.89. The zero-order valence-corrected chi connectivity index (χ0v) is 17.5. The van der Waals surface area contributed by atoms with Crippen molar-refractivity contribution >= 4 is 34.7 Å². The van der Waals surface area contributed by atoms with Gasteiger partial charge in [0, 0.05) is 10.0 Å². The van der Waals surface area contributed by atoms with Crippen molar-refractivity contribution in [3.8, 4) is 22.9 Å². The van der Waals surface area contributed by atoms with Crippen molar-refractivity contribution in [2.24, 2.45) is 10.2 Å². The van der Waals surface area contributed by atoms with Gasteiger partial charge in [0.15, 0.2) is 5.49 Å². The molecule has 150 valence electrons. The smallest absolute Gasteiger partial charge is 0.203 e. The second-order valence-corrected chi connectivity index (χ2v) is 7.34. The van der Waals surface area contributed by atoms with Crippen LogP contribution in [-0.4, -0.2) is 9.78 Å². The summed E-state index contributed by atoms with van der Waals surface area (Å²) in [6.07, 6.45) is 0. The van der Waals surface area contributed by atoms with Crippen LogP contribution in [-0.2, 0) is 0 Å². The van der Waals surface area contributed by atoms with Crippen molar-refractivity contribution in [2.75, 3.05) is 0 Å². The van der Waals surface area contributed by atoms with Crippen molar-refractivity contribution < 1.29 is 0 Å². The molecule has 1 aromatic heterocycles. The Morgan fingerprint density at radius 3 is 2.06 bits per heavy atom. The number of hydrogen-bond donors (Lipinski definition) is 1. The van der Waals surface area contributed by atoms with Crippen molar-refractivity contribution in [1.82, 2.24) is 9.78 Å². The molecule has 0 aliphatic rings. The van der Waals surface area contributed by atoms with Gasteiger partial charge in [0.1, 0.15) is 11.6 Å². The summed E-state index contributed by atoms with van der Waals surface area (Å²) in [5.74, 6) is 0.212. The van der Waals surface area contributed by atoms with Crippen LogP contribution in [0.25, 0.3) is 16.8 Å². The summed E-state index contributed by atoms with van der Waals surface area (Å²) >= 11 is 11.9. The quantitative estimate of drug-likeness (QED) is 0.358. The van der Waals surface area contributed by atoms with Gasteiger partial charge in [-0.25, -0.2) is 4.68 Å². The molecule has 0 saturated heterocycles. The van der Waals surface area contributed by atoms with E-state index in [0.29, 0.717) is 32.5 Å². The number of nitrogens with zero attached hydrogens (tertiary/aromatic N) is 5. The Labute approximate surface area is 188 Å². The summed E-state index contributed by atoms with van der Waals surface area (Å²) in [7, 11) is 0. The van der Waals surface area contributed by atoms with Gasteiger partial charge in [-0.15, -0.1) is 15.3 Å². The number of hydrogen-bond acceptors (Lipinski definition) is 5. The molecule has 0 amide bonds. The third-order valence-corrected chi connectivity index (χ3v) is 4.95. The maximum Gasteiger partial charge on any atom is 0.203 e. The summed E-state index contributed by atoms with van der Waals surface area (Å²) < 4.78 is 1.34. The van der Waals surface area contributed by atoms with Crippen molar-refractivity contribution in [3.63, 3.8) is 0 Å². The van der Waals surface area contributed by atoms with Crippen LogP contribution in [0, 0.1) is 16.7 Å². The molecule has 4 aromatic rings. The number of rotatable bonds is 4. The van der Waals surface area contributed by atoms with E-state index in [9.17, 15) is 5.26 Å². The molecule has 4 rings (SSSR count). The van der Waals surface area contributed by atoms with Gasteiger partial charge in [0.05, 0.1) is 16.9 Å². The van der Waals surface area contributed by atoms with Gasteiger partial charge in [0.2, 0.25) is 5.82 Å². The van der Waals surface area contributed by atoms with Gasteiger partial charge in [-0.1, -0.05) is 53.5 Å². The molecule has 0 bridgehead atoms. The topological polar surface area (TPSA) is 90.2 Å².